The van der Waals surface area contributed by atoms with Gasteiger partial charge < -0.3 is 0 Å². The Labute approximate surface area is 220 Å². The molecular formula is C27H23BrN6OS. The molecule has 5 aromatic rings. The smallest absolute Gasteiger partial charge is 0.283 e. The zero-order valence-electron chi connectivity index (χ0n) is 20.0. The molecule has 0 radical (unpaired) electrons. The molecule has 0 unspecified atom stereocenters. The largest absolute Gasteiger partial charge is 0.297 e. The number of hydrogen-bond acceptors (Lipinski definition) is 5. The number of pyridine rings is 1. The summed E-state index contributed by atoms with van der Waals surface area (Å²) >= 11 is 5.10. The normalized spacial score (nSPS) is 12.3. The van der Waals surface area contributed by atoms with E-state index in [1.54, 1.807) is 21.8 Å². The number of rotatable bonds is 5. The van der Waals surface area contributed by atoms with Crippen molar-refractivity contribution in [2.24, 2.45) is 17.1 Å². The van der Waals surface area contributed by atoms with Gasteiger partial charge in [0.05, 0.1) is 22.8 Å². The van der Waals surface area contributed by atoms with E-state index < -0.39 is 0 Å². The predicted molar refractivity (Wildman–Crippen MR) is 148 cm³/mol. The minimum absolute atomic E-state index is 0.182. The molecule has 0 saturated carbocycles. The van der Waals surface area contributed by atoms with E-state index in [4.69, 9.17) is 10.1 Å². The van der Waals surface area contributed by atoms with E-state index in [0.29, 0.717) is 10.5 Å². The fourth-order valence-electron chi connectivity index (χ4n) is 3.91. The van der Waals surface area contributed by atoms with Crippen molar-refractivity contribution >= 4 is 38.7 Å². The molecule has 0 amide bonds. The summed E-state index contributed by atoms with van der Waals surface area (Å²) in [5, 5.41) is 6.95. The number of hydrogen-bond donors (Lipinski definition) is 0. The number of para-hydroxylation sites is 1. The van der Waals surface area contributed by atoms with Gasteiger partial charge in [-0.15, -0.1) is 11.3 Å². The van der Waals surface area contributed by atoms with Crippen LogP contribution in [0.4, 0.5) is 5.69 Å². The number of thiazole rings is 1. The summed E-state index contributed by atoms with van der Waals surface area (Å²) < 4.78 is 6.21. The standard InChI is InChI=1S/C27H23BrN6OS/c1-18(20-13-15-29-16-14-20)31-33-24(22-11-7-8-12-23(22)28)17-36-27(33)30-25-19(2)32(3)34(26(25)35)21-9-5-4-6-10-21/h4-17H,1-3H3. The molecular weight excluding hydrogens is 536 g/mol. The van der Waals surface area contributed by atoms with Crippen LogP contribution >= 0.6 is 27.3 Å². The van der Waals surface area contributed by atoms with Gasteiger partial charge in [0.1, 0.15) is 0 Å². The summed E-state index contributed by atoms with van der Waals surface area (Å²) in [4.78, 5) is 23.1. The van der Waals surface area contributed by atoms with Gasteiger partial charge in [0, 0.05) is 40.4 Å². The highest BCUT2D eigenvalue weighted by Gasteiger charge is 2.17. The predicted octanol–water partition coefficient (Wildman–Crippen LogP) is 5.68. The van der Waals surface area contributed by atoms with Crippen LogP contribution in [0.5, 0.6) is 0 Å². The summed E-state index contributed by atoms with van der Waals surface area (Å²) in [5.41, 5.74) is 5.36. The molecule has 180 valence electrons. The summed E-state index contributed by atoms with van der Waals surface area (Å²) in [5.74, 6) is 0. The minimum Gasteiger partial charge on any atom is -0.283 e. The molecule has 9 heteroatoms. The Kier molecular flexibility index (Phi) is 6.67. The average Bonchev–Trinajstić information content (AvgIpc) is 3.38. The third-order valence-electron chi connectivity index (χ3n) is 5.91. The Morgan fingerprint density at radius 2 is 1.69 bits per heavy atom. The van der Waals surface area contributed by atoms with E-state index in [0.717, 1.165) is 38.4 Å². The molecule has 0 fully saturated rings. The van der Waals surface area contributed by atoms with Crippen LogP contribution in [0.25, 0.3) is 16.9 Å². The van der Waals surface area contributed by atoms with E-state index in [1.807, 2.05) is 97.7 Å². The summed E-state index contributed by atoms with van der Waals surface area (Å²) in [6.07, 6.45) is 3.48. The highest BCUT2D eigenvalue weighted by Crippen LogP contribution is 2.29. The van der Waals surface area contributed by atoms with E-state index in [-0.39, 0.29) is 5.56 Å². The molecule has 0 spiro atoms. The third kappa shape index (κ3) is 4.43. The van der Waals surface area contributed by atoms with Crippen molar-refractivity contribution in [2.75, 3.05) is 0 Å². The second-order valence-electron chi connectivity index (χ2n) is 8.14. The molecule has 5 rings (SSSR count). The van der Waals surface area contributed by atoms with Gasteiger partial charge in [0.2, 0.25) is 4.80 Å². The van der Waals surface area contributed by atoms with Crippen molar-refractivity contribution in [1.82, 2.24) is 19.0 Å². The van der Waals surface area contributed by atoms with Crippen LogP contribution in [0.1, 0.15) is 18.2 Å². The van der Waals surface area contributed by atoms with Crippen LogP contribution in [-0.2, 0) is 7.05 Å². The second kappa shape index (κ2) is 10.0. The van der Waals surface area contributed by atoms with E-state index in [1.165, 1.54) is 11.3 Å². The molecule has 2 aromatic carbocycles. The first-order chi connectivity index (χ1) is 17.5. The maximum atomic E-state index is 13.5. The lowest BCUT2D eigenvalue weighted by atomic mass is 10.2. The number of halogens is 1. The molecule has 0 aliphatic rings. The summed E-state index contributed by atoms with van der Waals surface area (Å²) in [6.45, 7) is 3.85. The average molecular weight is 559 g/mol. The lowest BCUT2D eigenvalue weighted by Gasteiger charge is -2.07. The van der Waals surface area contributed by atoms with Gasteiger partial charge in [-0.05, 0) is 44.2 Å². The molecule has 36 heavy (non-hydrogen) atoms. The van der Waals surface area contributed by atoms with Gasteiger partial charge in [0.15, 0.2) is 5.69 Å². The van der Waals surface area contributed by atoms with Crippen LogP contribution in [0.3, 0.4) is 0 Å². The first kappa shape index (κ1) is 23.9. The maximum absolute atomic E-state index is 13.5. The fourth-order valence-corrected chi connectivity index (χ4v) is 5.22. The monoisotopic (exact) mass is 558 g/mol. The molecule has 0 aliphatic carbocycles. The van der Waals surface area contributed by atoms with Crippen molar-refractivity contribution in [3.05, 3.63) is 115 Å². The topological polar surface area (TPSA) is 69.5 Å². The molecule has 0 N–H and O–H groups in total. The molecule has 3 heterocycles. The molecule has 7 nitrogen and oxygen atoms in total. The SMILES string of the molecule is CC(=Nn1c(-c2ccccc2Br)csc1=Nc1c(C)n(C)n(-c2ccccc2)c1=O)c1ccncc1. The Hall–Kier alpha value is -3.82. The van der Waals surface area contributed by atoms with E-state index in [9.17, 15) is 4.79 Å². The second-order valence-corrected chi connectivity index (χ2v) is 9.83. The highest BCUT2D eigenvalue weighted by atomic mass is 79.9. The highest BCUT2D eigenvalue weighted by molar-refractivity contribution is 9.10. The molecule has 0 atom stereocenters. The van der Waals surface area contributed by atoms with Crippen LogP contribution in [0.2, 0.25) is 0 Å². The lowest BCUT2D eigenvalue weighted by molar-refractivity contribution is 0.630. The molecule has 3 aromatic heterocycles. The van der Waals surface area contributed by atoms with Gasteiger partial charge in [-0.1, -0.05) is 52.3 Å². The summed E-state index contributed by atoms with van der Waals surface area (Å²) in [6, 6.07) is 21.4. The van der Waals surface area contributed by atoms with E-state index in [2.05, 4.69) is 20.9 Å². The van der Waals surface area contributed by atoms with E-state index >= 15 is 0 Å². The van der Waals surface area contributed by atoms with Crippen molar-refractivity contribution in [3.63, 3.8) is 0 Å². The first-order valence-corrected chi connectivity index (χ1v) is 12.9. The van der Waals surface area contributed by atoms with Crippen LogP contribution < -0.4 is 10.4 Å². The molecule has 0 aliphatic heterocycles. The fraction of sp³-hybridized carbons (Fsp3) is 0.111. The Morgan fingerprint density at radius 3 is 2.42 bits per heavy atom. The van der Waals surface area contributed by atoms with Crippen molar-refractivity contribution < 1.29 is 0 Å². The van der Waals surface area contributed by atoms with Crippen LogP contribution in [0, 0.1) is 6.92 Å². The summed E-state index contributed by atoms with van der Waals surface area (Å²) in [7, 11) is 1.86. The van der Waals surface area contributed by atoms with Gasteiger partial charge in [-0.3, -0.25) is 14.5 Å². The van der Waals surface area contributed by atoms with Crippen molar-refractivity contribution in [2.45, 2.75) is 13.8 Å². The van der Waals surface area contributed by atoms with Crippen LogP contribution in [0.15, 0.2) is 104 Å². The Balaban J connectivity index is 1.75. The van der Waals surface area contributed by atoms with Gasteiger partial charge in [0.25, 0.3) is 5.56 Å². The van der Waals surface area contributed by atoms with Crippen LogP contribution in [-0.4, -0.2) is 24.7 Å². The maximum Gasteiger partial charge on any atom is 0.297 e. The lowest BCUT2D eigenvalue weighted by Crippen LogP contribution is -2.20. The number of benzene rings is 2. The first-order valence-electron chi connectivity index (χ1n) is 11.3. The Morgan fingerprint density at radius 1 is 1.00 bits per heavy atom. The van der Waals surface area contributed by atoms with Crippen molar-refractivity contribution in [1.29, 1.82) is 0 Å². The van der Waals surface area contributed by atoms with Crippen molar-refractivity contribution in [3.8, 4) is 16.9 Å². The van der Waals surface area contributed by atoms with Gasteiger partial charge >= 0.3 is 0 Å². The van der Waals surface area contributed by atoms with Gasteiger partial charge in [-0.25, -0.2) is 14.4 Å². The minimum atomic E-state index is -0.182. The molecule has 0 saturated heterocycles. The Bertz CT molecular complexity index is 1690. The number of nitrogens with zero attached hydrogens (tertiary/aromatic N) is 6. The zero-order chi connectivity index (χ0) is 25.2. The zero-order valence-corrected chi connectivity index (χ0v) is 22.4. The quantitative estimate of drug-likeness (QED) is 0.260. The third-order valence-corrected chi connectivity index (χ3v) is 7.42. The number of aromatic nitrogens is 4. The van der Waals surface area contributed by atoms with Gasteiger partial charge in [-0.2, -0.15) is 5.10 Å². The molecule has 0 bridgehead atoms.